The fourth-order valence-electron chi connectivity index (χ4n) is 2.57. The van der Waals surface area contributed by atoms with E-state index in [1.807, 2.05) is 33.1 Å². The highest BCUT2D eigenvalue weighted by atomic mass is 35.5. The summed E-state index contributed by atoms with van der Waals surface area (Å²) in [5.74, 6) is -1.37. The van der Waals surface area contributed by atoms with Crippen molar-refractivity contribution in [3.63, 3.8) is 0 Å². The van der Waals surface area contributed by atoms with Gasteiger partial charge in [-0.3, -0.25) is 0 Å². The molecule has 0 saturated carbocycles. The lowest BCUT2D eigenvalue weighted by atomic mass is 10.2. The number of pyridine rings is 1. The van der Waals surface area contributed by atoms with Crippen molar-refractivity contribution in [2.75, 3.05) is 10.0 Å². The molecule has 0 bridgehead atoms. The van der Waals surface area contributed by atoms with Crippen LogP contribution in [0.3, 0.4) is 0 Å². The molecule has 4 aromatic rings. The minimum Gasteiger partial charge on any atom is -0.333 e. The Balaban J connectivity index is 0.00000132. The predicted molar refractivity (Wildman–Crippen MR) is 127 cm³/mol. The smallest absolute Gasteiger partial charge is 0.173 e. The zero-order chi connectivity index (χ0) is 22.5. The van der Waals surface area contributed by atoms with Crippen LogP contribution in [0.15, 0.2) is 40.9 Å². The maximum atomic E-state index is 15.0. The van der Waals surface area contributed by atoms with Crippen molar-refractivity contribution in [1.82, 2.24) is 15.0 Å². The van der Waals surface area contributed by atoms with Gasteiger partial charge >= 0.3 is 0 Å². The van der Waals surface area contributed by atoms with E-state index >= 15 is 4.39 Å². The van der Waals surface area contributed by atoms with Gasteiger partial charge in [0.1, 0.15) is 28.5 Å². The Bertz CT molecular complexity index is 1220. The van der Waals surface area contributed by atoms with Crippen LogP contribution in [-0.4, -0.2) is 15.0 Å². The number of fused-ring (bicyclic) bond motifs is 1. The van der Waals surface area contributed by atoms with Crippen molar-refractivity contribution in [3.8, 4) is 0 Å². The van der Waals surface area contributed by atoms with E-state index in [-0.39, 0.29) is 22.3 Å². The first kappa shape index (κ1) is 23.2. The number of benzene rings is 1. The number of aryl methyl sites for hydroxylation is 1. The molecule has 3 heterocycles. The summed E-state index contributed by atoms with van der Waals surface area (Å²) in [6.07, 6.45) is 1.29. The molecule has 10 heteroatoms. The molecule has 0 atom stereocenters. The molecule has 3 aromatic heterocycles. The second kappa shape index (κ2) is 10.2. The van der Waals surface area contributed by atoms with Gasteiger partial charge in [0.2, 0.25) is 0 Å². The second-order valence-electron chi connectivity index (χ2n) is 6.12. The fourth-order valence-corrected chi connectivity index (χ4v) is 4.55. The molecule has 0 spiro atoms. The normalized spacial score (nSPS) is 10.5. The van der Waals surface area contributed by atoms with E-state index in [1.165, 1.54) is 35.3 Å². The maximum absolute atomic E-state index is 15.0. The monoisotopic (exact) mass is 479 g/mol. The molecule has 0 aliphatic carbocycles. The Morgan fingerprint density at radius 2 is 1.84 bits per heavy atom. The lowest BCUT2D eigenvalue weighted by Gasteiger charge is -2.13. The topological polar surface area (TPSA) is 62.7 Å². The molecule has 0 amide bonds. The standard InChI is InChI=1S/C19H14ClF2N5S2.C2H6/c1-9-10(2)28-7-14(9)29-27-12-4-3-11(21)17(16(12)22)26-19-18-13(23-8-24-19)5-6-15(20)25-18;1-2/h3-8,27H,1-2H3,(H,23,24,26);1-2H3. The number of rotatable bonds is 5. The molecular weight excluding hydrogens is 460 g/mol. The molecule has 31 heavy (non-hydrogen) atoms. The number of anilines is 3. The third kappa shape index (κ3) is 5.06. The summed E-state index contributed by atoms with van der Waals surface area (Å²) in [6.45, 7) is 8.03. The highest BCUT2D eigenvalue weighted by molar-refractivity contribution is 8.00. The first-order valence-electron chi connectivity index (χ1n) is 9.44. The van der Waals surface area contributed by atoms with Crippen LogP contribution in [0.2, 0.25) is 5.15 Å². The van der Waals surface area contributed by atoms with E-state index in [2.05, 4.69) is 25.0 Å². The summed E-state index contributed by atoms with van der Waals surface area (Å²) in [6, 6.07) is 5.77. The van der Waals surface area contributed by atoms with Crippen LogP contribution in [0.1, 0.15) is 24.3 Å². The van der Waals surface area contributed by atoms with E-state index in [1.54, 1.807) is 23.5 Å². The number of aromatic nitrogens is 3. The maximum Gasteiger partial charge on any atom is 0.173 e. The summed E-state index contributed by atoms with van der Waals surface area (Å²) in [5, 5.41) is 4.91. The number of hydrogen-bond donors (Lipinski definition) is 2. The van der Waals surface area contributed by atoms with Crippen molar-refractivity contribution in [3.05, 3.63) is 63.2 Å². The molecule has 0 fully saturated rings. The molecule has 162 valence electrons. The highest BCUT2D eigenvalue weighted by Crippen LogP contribution is 2.34. The van der Waals surface area contributed by atoms with Crippen LogP contribution < -0.4 is 10.0 Å². The molecule has 0 aliphatic rings. The zero-order valence-electron chi connectivity index (χ0n) is 17.3. The number of nitrogens with zero attached hydrogens (tertiary/aromatic N) is 3. The van der Waals surface area contributed by atoms with Gasteiger partial charge in [0.05, 0.1) is 11.2 Å². The summed E-state index contributed by atoms with van der Waals surface area (Å²) in [5.41, 5.74) is 1.75. The molecule has 0 saturated heterocycles. The lowest BCUT2D eigenvalue weighted by Crippen LogP contribution is -2.04. The summed E-state index contributed by atoms with van der Waals surface area (Å²) < 4.78 is 32.4. The average molecular weight is 480 g/mol. The van der Waals surface area contributed by atoms with Crippen molar-refractivity contribution in [1.29, 1.82) is 0 Å². The Hall–Kier alpha value is -2.49. The number of hydrogen-bond acceptors (Lipinski definition) is 7. The van der Waals surface area contributed by atoms with Gasteiger partial charge < -0.3 is 10.0 Å². The van der Waals surface area contributed by atoms with Crippen LogP contribution >= 0.6 is 34.9 Å². The van der Waals surface area contributed by atoms with Crippen molar-refractivity contribution in [2.45, 2.75) is 32.6 Å². The van der Waals surface area contributed by atoms with Gasteiger partial charge in [-0.15, -0.1) is 11.3 Å². The zero-order valence-corrected chi connectivity index (χ0v) is 19.6. The molecule has 1 aromatic carbocycles. The van der Waals surface area contributed by atoms with E-state index < -0.39 is 11.6 Å². The van der Waals surface area contributed by atoms with E-state index in [0.717, 1.165) is 10.5 Å². The Kier molecular flexibility index (Phi) is 7.64. The number of halogens is 3. The van der Waals surface area contributed by atoms with E-state index in [9.17, 15) is 4.39 Å². The molecule has 0 radical (unpaired) electrons. The van der Waals surface area contributed by atoms with Crippen molar-refractivity contribution >= 4 is 63.1 Å². The molecule has 0 aliphatic heterocycles. The van der Waals surface area contributed by atoms with Gasteiger partial charge in [-0.05, 0) is 55.6 Å². The molecule has 2 N–H and O–H groups in total. The van der Waals surface area contributed by atoms with Gasteiger partial charge in [0.15, 0.2) is 11.6 Å². The Morgan fingerprint density at radius 1 is 1.06 bits per heavy atom. The van der Waals surface area contributed by atoms with Crippen molar-refractivity contribution < 1.29 is 8.78 Å². The fraction of sp³-hybridized carbons (Fsp3) is 0.190. The van der Waals surface area contributed by atoms with Gasteiger partial charge in [-0.2, -0.15) is 0 Å². The summed E-state index contributed by atoms with van der Waals surface area (Å²) in [7, 11) is 0. The van der Waals surface area contributed by atoms with E-state index in [0.29, 0.717) is 11.0 Å². The average Bonchev–Trinajstić information content (AvgIpc) is 3.10. The molecular formula is C21H20ClF2N5S2. The predicted octanol–water partition coefficient (Wildman–Crippen LogP) is 7.52. The summed E-state index contributed by atoms with van der Waals surface area (Å²) >= 11 is 8.84. The molecule has 0 unspecified atom stereocenters. The van der Waals surface area contributed by atoms with Gasteiger partial charge in [-0.1, -0.05) is 25.4 Å². The van der Waals surface area contributed by atoms with Crippen LogP contribution in [0.25, 0.3) is 11.0 Å². The van der Waals surface area contributed by atoms with Gasteiger partial charge in [-0.25, -0.2) is 23.7 Å². The van der Waals surface area contributed by atoms with Gasteiger partial charge in [0.25, 0.3) is 0 Å². The Morgan fingerprint density at radius 3 is 2.55 bits per heavy atom. The Labute approximate surface area is 192 Å². The lowest BCUT2D eigenvalue weighted by molar-refractivity contribution is 0.593. The molecule has 4 rings (SSSR count). The van der Waals surface area contributed by atoms with E-state index in [4.69, 9.17) is 11.6 Å². The van der Waals surface area contributed by atoms with Gasteiger partial charge in [0, 0.05) is 15.2 Å². The van der Waals surface area contributed by atoms with Crippen LogP contribution in [0.4, 0.5) is 26.0 Å². The van der Waals surface area contributed by atoms with Crippen LogP contribution in [0, 0.1) is 25.5 Å². The quantitative estimate of drug-likeness (QED) is 0.228. The minimum absolute atomic E-state index is 0.145. The third-order valence-electron chi connectivity index (χ3n) is 4.29. The second-order valence-corrected chi connectivity index (χ2v) is 8.44. The van der Waals surface area contributed by atoms with Crippen molar-refractivity contribution in [2.24, 2.45) is 0 Å². The number of nitrogens with one attached hydrogen (secondary N) is 2. The first-order valence-corrected chi connectivity index (χ1v) is 11.5. The first-order chi connectivity index (χ1) is 14.9. The molecule has 5 nitrogen and oxygen atoms in total. The number of thiophene rings is 1. The van der Waals surface area contributed by atoms with Crippen LogP contribution in [-0.2, 0) is 0 Å². The highest BCUT2D eigenvalue weighted by Gasteiger charge is 2.17. The third-order valence-corrected chi connectivity index (χ3v) is 6.63. The SMILES string of the molecule is CC.Cc1scc(SNc2ccc(F)c(Nc3ncnc4ccc(Cl)nc34)c2F)c1C. The minimum atomic E-state index is -0.768. The summed E-state index contributed by atoms with van der Waals surface area (Å²) in [4.78, 5) is 14.5. The largest absolute Gasteiger partial charge is 0.333 e. The van der Waals surface area contributed by atoms with Crippen LogP contribution in [0.5, 0.6) is 0 Å².